The van der Waals surface area contributed by atoms with Gasteiger partial charge in [0.25, 0.3) is 0 Å². The van der Waals surface area contributed by atoms with Crippen LogP contribution in [0.5, 0.6) is 0 Å². The molecule has 2 nitrogen and oxygen atoms in total. The highest BCUT2D eigenvalue weighted by Crippen LogP contribution is 2.23. The first-order valence-electron chi connectivity index (χ1n) is 5.12. The minimum atomic E-state index is -0.888. The van der Waals surface area contributed by atoms with Crippen molar-refractivity contribution in [3.63, 3.8) is 0 Å². The number of hydrogen-bond acceptors (Lipinski definition) is 2. The number of aliphatic hydroxyl groups excluding tert-OH is 1. The quantitative estimate of drug-likeness (QED) is 0.473. The topological polar surface area (TPSA) is 40.5 Å². The molecule has 0 aromatic heterocycles. The van der Waals surface area contributed by atoms with Gasteiger partial charge in [0.2, 0.25) is 0 Å². The maximum atomic E-state index is 9.92. The third-order valence-electron chi connectivity index (χ3n) is 2.73. The number of rotatable bonds is 7. The molecule has 0 aliphatic heterocycles. The van der Waals surface area contributed by atoms with Gasteiger partial charge in [-0.05, 0) is 32.1 Å². The highest BCUT2D eigenvalue weighted by Gasteiger charge is 2.30. The summed E-state index contributed by atoms with van der Waals surface area (Å²) in [5.41, 5.74) is -0.888. The molecule has 0 aromatic carbocycles. The van der Waals surface area contributed by atoms with E-state index in [2.05, 4.69) is 6.58 Å². The molecule has 1 atom stereocenters. The summed E-state index contributed by atoms with van der Waals surface area (Å²) in [5.74, 6) is 0. The smallest absolute Gasteiger partial charge is 0.0900 e. The van der Waals surface area contributed by atoms with Crippen LogP contribution in [-0.2, 0) is 0 Å². The number of unbranched alkanes of at least 4 members (excludes halogenated alkanes) is 1. The average molecular weight is 186 g/mol. The Morgan fingerprint density at radius 3 is 2.31 bits per heavy atom. The van der Waals surface area contributed by atoms with Gasteiger partial charge in [-0.25, -0.2) is 0 Å². The summed E-state index contributed by atoms with van der Waals surface area (Å²) in [6.45, 7) is 7.42. The molecule has 1 unspecified atom stereocenters. The molecule has 0 saturated carbocycles. The summed E-state index contributed by atoms with van der Waals surface area (Å²) in [6.07, 6.45) is 4.92. The predicted molar refractivity (Wildman–Crippen MR) is 55.6 cm³/mol. The molecule has 2 heteroatoms. The zero-order chi connectivity index (χ0) is 10.3. The van der Waals surface area contributed by atoms with E-state index < -0.39 is 11.7 Å². The third kappa shape index (κ3) is 3.92. The van der Waals surface area contributed by atoms with Crippen LogP contribution >= 0.6 is 0 Å². The first-order chi connectivity index (χ1) is 6.10. The Kier molecular flexibility index (Phi) is 6.00. The normalized spacial score (nSPS) is 14.2. The summed E-state index contributed by atoms with van der Waals surface area (Å²) in [5, 5.41) is 19.6. The molecule has 0 aliphatic carbocycles. The molecule has 0 aromatic rings. The van der Waals surface area contributed by atoms with Crippen LogP contribution in [-0.4, -0.2) is 21.9 Å². The van der Waals surface area contributed by atoms with Crippen LogP contribution in [0.15, 0.2) is 12.7 Å². The molecule has 13 heavy (non-hydrogen) atoms. The lowest BCUT2D eigenvalue weighted by atomic mass is 9.88. The van der Waals surface area contributed by atoms with Crippen molar-refractivity contribution >= 4 is 0 Å². The van der Waals surface area contributed by atoms with Crippen molar-refractivity contribution in [2.45, 2.75) is 57.7 Å². The molecular formula is C11H22O2. The number of hydrogen-bond donors (Lipinski definition) is 2. The van der Waals surface area contributed by atoms with Crippen molar-refractivity contribution < 1.29 is 10.2 Å². The van der Waals surface area contributed by atoms with Gasteiger partial charge < -0.3 is 10.2 Å². The van der Waals surface area contributed by atoms with E-state index in [4.69, 9.17) is 0 Å². The van der Waals surface area contributed by atoms with Crippen LogP contribution < -0.4 is 0 Å². The van der Waals surface area contributed by atoms with E-state index in [1.165, 1.54) is 0 Å². The Morgan fingerprint density at radius 1 is 1.38 bits per heavy atom. The van der Waals surface area contributed by atoms with E-state index in [9.17, 15) is 10.2 Å². The standard InChI is InChI=1S/C11H22O2/c1-4-7-8-9-10(12)11(13,5-2)6-3/h4,10,12-13H,1,5-9H2,2-3H3. The highest BCUT2D eigenvalue weighted by molar-refractivity contribution is 4.84. The summed E-state index contributed by atoms with van der Waals surface area (Å²) >= 11 is 0. The third-order valence-corrected chi connectivity index (χ3v) is 2.73. The Balaban J connectivity index is 3.90. The van der Waals surface area contributed by atoms with Crippen LogP contribution in [0.4, 0.5) is 0 Å². The lowest BCUT2D eigenvalue weighted by Gasteiger charge is -2.30. The Morgan fingerprint density at radius 2 is 1.92 bits per heavy atom. The van der Waals surface area contributed by atoms with E-state index in [1.54, 1.807) is 0 Å². The fourth-order valence-corrected chi connectivity index (χ4v) is 1.45. The van der Waals surface area contributed by atoms with Crippen molar-refractivity contribution in [2.75, 3.05) is 0 Å². The monoisotopic (exact) mass is 186 g/mol. The summed E-state index contributed by atoms with van der Waals surface area (Å²) in [4.78, 5) is 0. The number of allylic oxidation sites excluding steroid dienone is 1. The molecule has 0 saturated heterocycles. The number of aliphatic hydroxyl groups is 2. The van der Waals surface area contributed by atoms with Crippen molar-refractivity contribution in [1.82, 2.24) is 0 Å². The van der Waals surface area contributed by atoms with Crippen molar-refractivity contribution in [3.8, 4) is 0 Å². The molecule has 0 radical (unpaired) electrons. The van der Waals surface area contributed by atoms with Gasteiger partial charge in [0, 0.05) is 0 Å². The molecule has 0 aliphatic rings. The van der Waals surface area contributed by atoms with Crippen LogP contribution in [0.2, 0.25) is 0 Å². The zero-order valence-electron chi connectivity index (χ0n) is 8.79. The van der Waals surface area contributed by atoms with Crippen LogP contribution in [0, 0.1) is 0 Å². The average Bonchev–Trinajstić information content (AvgIpc) is 2.17. The van der Waals surface area contributed by atoms with Gasteiger partial charge in [-0.15, -0.1) is 6.58 Å². The Labute approximate surface area is 81.3 Å². The van der Waals surface area contributed by atoms with E-state index in [0.717, 1.165) is 12.8 Å². The van der Waals surface area contributed by atoms with Crippen LogP contribution in [0.25, 0.3) is 0 Å². The van der Waals surface area contributed by atoms with Gasteiger partial charge in [-0.1, -0.05) is 19.9 Å². The minimum Gasteiger partial charge on any atom is -0.390 e. The van der Waals surface area contributed by atoms with E-state index in [0.29, 0.717) is 19.3 Å². The van der Waals surface area contributed by atoms with E-state index >= 15 is 0 Å². The van der Waals surface area contributed by atoms with Gasteiger partial charge in [0.05, 0.1) is 11.7 Å². The minimum absolute atomic E-state index is 0.595. The molecule has 0 amide bonds. The van der Waals surface area contributed by atoms with Crippen LogP contribution in [0.1, 0.15) is 46.0 Å². The first kappa shape index (κ1) is 12.7. The molecule has 2 N–H and O–H groups in total. The van der Waals surface area contributed by atoms with Gasteiger partial charge >= 0.3 is 0 Å². The van der Waals surface area contributed by atoms with Crippen molar-refractivity contribution in [1.29, 1.82) is 0 Å². The van der Waals surface area contributed by atoms with E-state index in [-0.39, 0.29) is 0 Å². The first-order valence-corrected chi connectivity index (χ1v) is 5.12. The largest absolute Gasteiger partial charge is 0.390 e. The Hall–Kier alpha value is -0.340. The molecule has 0 bridgehead atoms. The van der Waals surface area contributed by atoms with E-state index in [1.807, 2.05) is 19.9 Å². The Bertz CT molecular complexity index is 139. The molecular weight excluding hydrogens is 164 g/mol. The second-order valence-electron chi connectivity index (χ2n) is 3.55. The summed E-state index contributed by atoms with van der Waals surface area (Å²) in [7, 11) is 0. The summed E-state index contributed by atoms with van der Waals surface area (Å²) in [6, 6.07) is 0. The molecule has 0 heterocycles. The van der Waals surface area contributed by atoms with Gasteiger partial charge in [-0.2, -0.15) is 0 Å². The highest BCUT2D eigenvalue weighted by atomic mass is 16.3. The van der Waals surface area contributed by atoms with Gasteiger partial charge in [-0.3, -0.25) is 0 Å². The molecule has 0 spiro atoms. The maximum absolute atomic E-state index is 9.92. The lowest BCUT2D eigenvalue weighted by Crippen LogP contribution is -2.41. The van der Waals surface area contributed by atoms with Gasteiger partial charge in [0.1, 0.15) is 0 Å². The fourth-order valence-electron chi connectivity index (χ4n) is 1.45. The second kappa shape index (κ2) is 6.17. The maximum Gasteiger partial charge on any atom is 0.0900 e. The van der Waals surface area contributed by atoms with Crippen molar-refractivity contribution in [3.05, 3.63) is 12.7 Å². The van der Waals surface area contributed by atoms with Gasteiger partial charge in [0.15, 0.2) is 0 Å². The fraction of sp³-hybridized carbons (Fsp3) is 0.818. The molecule has 0 fully saturated rings. The molecule has 78 valence electrons. The summed E-state index contributed by atoms with van der Waals surface area (Å²) < 4.78 is 0. The SMILES string of the molecule is C=CCCCC(O)C(O)(CC)CC. The zero-order valence-corrected chi connectivity index (χ0v) is 8.79. The predicted octanol–water partition coefficient (Wildman–Crippen LogP) is 2.25. The van der Waals surface area contributed by atoms with Crippen LogP contribution in [0.3, 0.4) is 0 Å². The molecule has 0 rings (SSSR count). The van der Waals surface area contributed by atoms with Crippen molar-refractivity contribution in [2.24, 2.45) is 0 Å². The second-order valence-corrected chi connectivity index (χ2v) is 3.55. The lowest BCUT2D eigenvalue weighted by molar-refractivity contribution is -0.0832.